The second-order valence-corrected chi connectivity index (χ2v) is 5.81. The number of hydrogen-bond donors (Lipinski definition) is 1. The van der Waals surface area contributed by atoms with E-state index in [0.717, 1.165) is 30.7 Å². The summed E-state index contributed by atoms with van der Waals surface area (Å²) in [6.07, 6.45) is 3.43. The summed E-state index contributed by atoms with van der Waals surface area (Å²) in [5, 5.41) is 3.24. The van der Waals surface area contributed by atoms with Crippen LogP contribution < -0.4 is 5.32 Å². The Kier molecular flexibility index (Phi) is 3.29. The second-order valence-electron chi connectivity index (χ2n) is 5.81. The molecule has 1 N–H and O–H groups in total. The van der Waals surface area contributed by atoms with Crippen molar-refractivity contribution in [2.75, 3.05) is 6.54 Å². The van der Waals surface area contributed by atoms with Crippen molar-refractivity contribution in [3.8, 4) is 0 Å². The Morgan fingerprint density at radius 2 is 1.68 bits per heavy atom. The number of rotatable bonds is 4. The fourth-order valence-corrected chi connectivity index (χ4v) is 3.56. The maximum atomic E-state index is 13.9. The smallest absolute Gasteiger partial charge is 0.161 e. The summed E-state index contributed by atoms with van der Waals surface area (Å²) in [4.78, 5) is 0. The van der Waals surface area contributed by atoms with Crippen molar-refractivity contribution < 1.29 is 13.2 Å². The lowest BCUT2D eigenvalue weighted by Gasteiger charge is -2.26. The molecule has 1 nitrogen and oxygen atoms in total. The summed E-state index contributed by atoms with van der Waals surface area (Å²) in [6, 6.07) is 1.47. The molecule has 2 fully saturated rings. The normalized spacial score (nSPS) is 30.2. The van der Waals surface area contributed by atoms with Crippen LogP contribution in [0.25, 0.3) is 0 Å². The standard InChI is InChI=1S/C15H18F3N/c1-2-19-15(10-4-8-3-9(8)5-10)11-6-13(17)14(18)7-12(11)16/h6-10,15,19H,2-5H2,1H3. The summed E-state index contributed by atoms with van der Waals surface area (Å²) in [5.74, 6) is -0.847. The number of fused-ring (bicyclic) bond motifs is 1. The molecule has 1 aromatic rings. The highest BCUT2D eigenvalue weighted by Crippen LogP contribution is 2.57. The Morgan fingerprint density at radius 1 is 1.05 bits per heavy atom. The van der Waals surface area contributed by atoms with Crippen LogP contribution in [0.15, 0.2) is 12.1 Å². The third-order valence-electron chi connectivity index (χ3n) is 4.55. The Balaban J connectivity index is 1.88. The fraction of sp³-hybridized carbons (Fsp3) is 0.600. The second kappa shape index (κ2) is 4.82. The minimum absolute atomic E-state index is 0.201. The predicted molar refractivity (Wildman–Crippen MR) is 67.1 cm³/mol. The van der Waals surface area contributed by atoms with Crippen LogP contribution >= 0.6 is 0 Å². The molecule has 0 amide bonds. The molecule has 2 aliphatic carbocycles. The van der Waals surface area contributed by atoms with Crippen molar-refractivity contribution in [1.29, 1.82) is 0 Å². The summed E-state index contributed by atoms with van der Waals surface area (Å²) < 4.78 is 40.3. The van der Waals surface area contributed by atoms with E-state index < -0.39 is 17.5 Å². The van der Waals surface area contributed by atoms with Gasteiger partial charge >= 0.3 is 0 Å². The van der Waals surface area contributed by atoms with Crippen LogP contribution in [-0.2, 0) is 0 Å². The summed E-state index contributed by atoms with van der Waals surface area (Å²) in [5.41, 5.74) is 0.270. The third kappa shape index (κ3) is 2.38. The molecule has 0 saturated heterocycles. The van der Waals surface area contributed by atoms with Crippen LogP contribution in [0.5, 0.6) is 0 Å². The molecule has 3 atom stereocenters. The van der Waals surface area contributed by atoms with Gasteiger partial charge in [-0.1, -0.05) is 6.92 Å². The highest BCUT2D eigenvalue weighted by atomic mass is 19.2. The van der Waals surface area contributed by atoms with E-state index in [1.54, 1.807) is 0 Å². The van der Waals surface area contributed by atoms with Gasteiger partial charge in [-0.05, 0) is 49.6 Å². The molecule has 104 valence electrons. The molecule has 3 rings (SSSR count). The molecular formula is C15H18F3N. The zero-order valence-electron chi connectivity index (χ0n) is 10.9. The van der Waals surface area contributed by atoms with E-state index in [0.29, 0.717) is 18.5 Å². The SMILES string of the molecule is CCNC(c1cc(F)c(F)cc1F)C1CC2CC2C1. The Labute approximate surface area is 111 Å². The third-order valence-corrected chi connectivity index (χ3v) is 4.55. The van der Waals surface area contributed by atoms with E-state index in [1.165, 1.54) is 6.42 Å². The molecule has 0 heterocycles. The highest BCUT2D eigenvalue weighted by Gasteiger charge is 2.48. The van der Waals surface area contributed by atoms with Gasteiger partial charge in [-0.3, -0.25) is 0 Å². The van der Waals surface area contributed by atoms with Crippen molar-refractivity contribution in [2.45, 2.75) is 32.2 Å². The number of benzene rings is 1. The zero-order chi connectivity index (χ0) is 13.6. The van der Waals surface area contributed by atoms with E-state index >= 15 is 0 Å². The van der Waals surface area contributed by atoms with Crippen molar-refractivity contribution in [3.63, 3.8) is 0 Å². The minimum Gasteiger partial charge on any atom is -0.310 e. The van der Waals surface area contributed by atoms with Crippen LogP contribution in [0.2, 0.25) is 0 Å². The van der Waals surface area contributed by atoms with Crippen LogP contribution in [0, 0.1) is 35.2 Å². The molecule has 1 aromatic carbocycles. The van der Waals surface area contributed by atoms with E-state index in [4.69, 9.17) is 0 Å². The van der Waals surface area contributed by atoms with Gasteiger partial charge in [-0.2, -0.15) is 0 Å². The van der Waals surface area contributed by atoms with Crippen molar-refractivity contribution in [1.82, 2.24) is 5.32 Å². The van der Waals surface area contributed by atoms with E-state index in [-0.39, 0.29) is 11.6 Å². The van der Waals surface area contributed by atoms with Crippen LogP contribution in [0.4, 0.5) is 13.2 Å². The molecular weight excluding hydrogens is 251 g/mol. The average molecular weight is 269 g/mol. The molecule has 0 aliphatic heterocycles. The van der Waals surface area contributed by atoms with Gasteiger partial charge in [0, 0.05) is 17.7 Å². The molecule has 2 saturated carbocycles. The number of halogens is 3. The van der Waals surface area contributed by atoms with Crippen LogP contribution in [-0.4, -0.2) is 6.54 Å². The van der Waals surface area contributed by atoms with E-state index in [9.17, 15) is 13.2 Å². The first-order valence-electron chi connectivity index (χ1n) is 6.98. The van der Waals surface area contributed by atoms with Gasteiger partial charge in [0.25, 0.3) is 0 Å². The molecule has 0 spiro atoms. The first-order valence-corrected chi connectivity index (χ1v) is 6.98. The first kappa shape index (κ1) is 13.0. The van der Waals surface area contributed by atoms with Gasteiger partial charge in [0.1, 0.15) is 5.82 Å². The van der Waals surface area contributed by atoms with Crippen molar-refractivity contribution in [3.05, 3.63) is 35.1 Å². The molecule has 3 unspecified atom stereocenters. The van der Waals surface area contributed by atoms with Gasteiger partial charge in [-0.15, -0.1) is 0 Å². The van der Waals surface area contributed by atoms with E-state index in [2.05, 4.69) is 5.32 Å². The maximum Gasteiger partial charge on any atom is 0.161 e. The lowest BCUT2D eigenvalue weighted by Crippen LogP contribution is -2.28. The lowest BCUT2D eigenvalue weighted by atomic mass is 9.88. The molecule has 0 bridgehead atoms. The molecule has 0 radical (unpaired) electrons. The molecule has 4 heteroatoms. The number of nitrogens with one attached hydrogen (secondary N) is 1. The lowest BCUT2D eigenvalue weighted by molar-refractivity contribution is 0.335. The zero-order valence-corrected chi connectivity index (χ0v) is 10.9. The average Bonchev–Trinajstić information content (AvgIpc) is 2.98. The van der Waals surface area contributed by atoms with Crippen LogP contribution in [0.3, 0.4) is 0 Å². The van der Waals surface area contributed by atoms with Gasteiger partial charge in [0.15, 0.2) is 11.6 Å². The number of hydrogen-bond acceptors (Lipinski definition) is 1. The molecule has 2 aliphatic rings. The summed E-state index contributed by atoms with van der Waals surface area (Å²) in [6.45, 7) is 2.63. The topological polar surface area (TPSA) is 12.0 Å². The van der Waals surface area contributed by atoms with Crippen molar-refractivity contribution in [2.24, 2.45) is 17.8 Å². The summed E-state index contributed by atoms with van der Waals surface area (Å²) in [7, 11) is 0. The van der Waals surface area contributed by atoms with Crippen LogP contribution in [0.1, 0.15) is 37.8 Å². The predicted octanol–water partition coefficient (Wildman–Crippen LogP) is 3.80. The Bertz CT molecular complexity index is 479. The Morgan fingerprint density at radius 3 is 2.32 bits per heavy atom. The van der Waals surface area contributed by atoms with Gasteiger partial charge in [0.2, 0.25) is 0 Å². The first-order chi connectivity index (χ1) is 9.10. The van der Waals surface area contributed by atoms with Crippen molar-refractivity contribution >= 4 is 0 Å². The van der Waals surface area contributed by atoms with Gasteiger partial charge < -0.3 is 5.32 Å². The minimum atomic E-state index is -1.12. The highest BCUT2D eigenvalue weighted by molar-refractivity contribution is 5.25. The fourth-order valence-electron chi connectivity index (χ4n) is 3.56. The quantitative estimate of drug-likeness (QED) is 0.820. The van der Waals surface area contributed by atoms with Gasteiger partial charge in [-0.25, -0.2) is 13.2 Å². The maximum absolute atomic E-state index is 13.9. The largest absolute Gasteiger partial charge is 0.310 e. The van der Waals surface area contributed by atoms with Gasteiger partial charge in [0.05, 0.1) is 0 Å². The molecule has 19 heavy (non-hydrogen) atoms. The monoisotopic (exact) mass is 269 g/mol. The molecule has 0 aromatic heterocycles. The Hall–Kier alpha value is -1.03. The van der Waals surface area contributed by atoms with E-state index in [1.807, 2.05) is 6.92 Å². The summed E-state index contributed by atoms with van der Waals surface area (Å²) >= 11 is 0.